The number of carbonyl (C=O) groups excluding carboxylic acids is 3. The first-order valence-electron chi connectivity index (χ1n) is 30.6. The summed E-state index contributed by atoms with van der Waals surface area (Å²) in [7, 11) is 0. The summed E-state index contributed by atoms with van der Waals surface area (Å²) in [6.45, 7) is 6.28. The molecule has 0 heterocycles. The average Bonchev–Trinajstić information content (AvgIpc) is 3.43. The number of hydrogen-bond donors (Lipinski definition) is 0. The van der Waals surface area contributed by atoms with Gasteiger partial charge in [-0.25, -0.2) is 0 Å². The maximum atomic E-state index is 12.9. The highest BCUT2D eigenvalue weighted by Gasteiger charge is 2.19. The number of ether oxygens (including phenoxy) is 3. The minimum atomic E-state index is -0.849. The van der Waals surface area contributed by atoms with Crippen molar-refractivity contribution in [2.45, 2.75) is 245 Å². The molecule has 6 heteroatoms. The maximum Gasteiger partial charge on any atom is 0.306 e. The quantitative estimate of drug-likeness (QED) is 0.0261. The number of esters is 3. The van der Waals surface area contributed by atoms with Crippen LogP contribution in [-0.2, 0) is 28.6 Å². The van der Waals surface area contributed by atoms with Crippen LogP contribution in [0.15, 0.2) is 170 Å². The lowest BCUT2D eigenvalue weighted by Gasteiger charge is -2.18. The Morgan fingerprint density at radius 2 is 0.532 bits per heavy atom. The summed E-state index contributed by atoms with van der Waals surface area (Å²) in [5.41, 5.74) is 0. The summed E-state index contributed by atoms with van der Waals surface area (Å²) >= 11 is 0. The molecule has 0 aliphatic rings. The summed E-state index contributed by atoms with van der Waals surface area (Å²) in [6, 6.07) is 0. The van der Waals surface area contributed by atoms with Crippen molar-refractivity contribution in [1.29, 1.82) is 0 Å². The normalized spacial score (nSPS) is 13.3. The van der Waals surface area contributed by atoms with Crippen LogP contribution in [0, 0.1) is 0 Å². The first-order valence-corrected chi connectivity index (χ1v) is 30.6. The SMILES string of the molecule is CC/C=C\C/C=C\C/C=C\C/C=C\C/C=C\C/C=C\CCCCC(=O)OCC(COC(=O)CCCCCCCCCCC/C=C\C/C=C\CCCCC)OC(=O)CC/C=C\C/C=C\C/C=C\C/C=C\C/C=C\C/C=C\CC. The van der Waals surface area contributed by atoms with Gasteiger partial charge in [-0.1, -0.05) is 249 Å². The van der Waals surface area contributed by atoms with E-state index in [1.807, 2.05) is 12.2 Å². The smallest absolute Gasteiger partial charge is 0.306 e. The molecule has 0 amide bonds. The number of allylic oxidation sites excluding steroid dienone is 28. The van der Waals surface area contributed by atoms with Crippen LogP contribution in [0.5, 0.6) is 0 Å². The van der Waals surface area contributed by atoms with E-state index in [2.05, 4.69) is 179 Å². The van der Waals surface area contributed by atoms with Crippen LogP contribution in [-0.4, -0.2) is 37.2 Å². The monoisotopic (exact) mass is 1060 g/mol. The molecule has 1 atom stereocenters. The molecule has 430 valence electrons. The Morgan fingerprint density at radius 1 is 0.273 bits per heavy atom. The van der Waals surface area contributed by atoms with Crippen molar-refractivity contribution in [3.05, 3.63) is 170 Å². The van der Waals surface area contributed by atoms with E-state index in [1.54, 1.807) is 0 Å². The van der Waals surface area contributed by atoms with Crippen LogP contribution in [0.4, 0.5) is 0 Å². The zero-order chi connectivity index (χ0) is 55.7. The maximum absolute atomic E-state index is 12.9. The highest BCUT2D eigenvalue weighted by Crippen LogP contribution is 2.13. The highest BCUT2D eigenvalue weighted by atomic mass is 16.6. The number of carbonyl (C=O) groups is 3. The van der Waals surface area contributed by atoms with Gasteiger partial charge < -0.3 is 14.2 Å². The fourth-order valence-corrected chi connectivity index (χ4v) is 7.68. The van der Waals surface area contributed by atoms with Gasteiger partial charge in [0.1, 0.15) is 13.2 Å². The van der Waals surface area contributed by atoms with Gasteiger partial charge in [0.05, 0.1) is 0 Å². The largest absolute Gasteiger partial charge is 0.462 e. The Kier molecular flexibility index (Phi) is 59.0. The van der Waals surface area contributed by atoms with Crippen LogP contribution in [0.25, 0.3) is 0 Å². The van der Waals surface area contributed by atoms with Crippen LogP contribution >= 0.6 is 0 Å². The fraction of sp³-hybridized carbons (Fsp3) is 0.563. The molecule has 0 bridgehead atoms. The Bertz CT molecular complexity index is 1790. The standard InChI is InChI=1S/C71H110O6/c1-4-7-10-13-16-19-22-25-28-31-34-35-38-40-43-46-49-52-55-58-61-64-70(73)76-67-68(77-71(74)65-62-59-56-53-50-47-44-41-37-33-30-27-24-21-18-15-12-9-6-3)66-75-69(72)63-60-57-54-51-48-45-42-39-36-32-29-26-23-20-17-14-11-8-5-2/h7,9-10,12,16-21,25-30,34-35,37,40-41,43,47,49-50,52,56,59,68H,4-6,8,11,13-15,22-24,31-33,36,38-39,42,44-46,48,51,53-55,57-58,60-67H2,1-3H3/b10-7-,12-9-,19-16-,20-17-,21-18-,28-25-,29-26-,30-27-,35-34-,41-37-,43-40-,50-47-,52-49-,59-56-. The molecule has 0 aliphatic carbocycles. The lowest BCUT2D eigenvalue weighted by Crippen LogP contribution is -2.30. The van der Waals surface area contributed by atoms with Gasteiger partial charge in [0.2, 0.25) is 0 Å². The van der Waals surface area contributed by atoms with Crippen molar-refractivity contribution in [2.24, 2.45) is 0 Å². The van der Waals surface area contributed by atoms with Crippen molar-refractivity contribution in [3.8, 4) is 0 Å². The van der Waals surface area contributed by atoms with E-state index >= 15 is 0 Å². The Hall–Kier alpha value is -5.23. The molecule has 0 saturated heterocycles. The molecule has 0 aromatic heterocycles. The van der Waals surface area contributed by atoms with E-state index in [-0.39, 0.29) is 38.0 Å². The van der Waals surface area contributed by atoms with Gasteiger partial charge in [-0.15, -0.1) is 0 Å². The molecule has 0 aromatic rings. The van der Waals surface area contributed by atoms with Crippen molar-refractivity contribution in [1.82, 2.24) is 0 Å². The molecular weight excluding hydrogens is 949 g/mol. The Balaban J connectivity index is 4.61. The molecule has 6 nitrogen and oxygen atoms in total. The first-order chi connectivity index (χ1) is 38.0. The number of hydrogen-bond acceptors (Lipinski definition) is 6. The molecule has 0 spiro atoms. The van der Waals surface area contributed by atoms with E-state index in [0.29, 0.717) is 19.3 Å². The topological polar surface area (TPSA) is 78.9 Å². The average molecular weight is 1060 g/mol. The van der Waals surface area contributed by atoms with Crippen LogP contribution in [0.2, 0.25) is 0 Å². The molecule has 1 unspecified atom stereocenters. The Morgan fingerprint density at radius 3 is 0.870 bits per heavy atom. The van der Waals surface area contributed by atoms with Crippen molar-refractivity contribution < 1.29 is 28.6 Å². The summed E-state index contributed by atoms with van der Waals surface area (Å²) in [4.78, 5) is 38.3. The zero-order valence-electron chi connectivity index (χ0n) is 49.1. The van der Waals surface area contributed by atoms with Crippen LogP contribution in [0.3, 0.4) is 0 Å². The molecule has 0 fully saturated rings. The molecule has 77 heavy (non-hydrogen) atoms. The second kappa shape index (κ2) is 63.3. The lowest BCUT2D eigenvalue weighted by molar-refractivity contribution is -0.166. The molecular formula is C71H110O6. The summed E-state index contributed by atoms with van der Waals surface area (Å²) < 4.78 is 16.8. The van der Waals surface area contributed by atoms with Gasteiger partial charge in [0.15, 0.2) is 6.10 Å². The van der Waals surface area contributed by atoms with E-state index in [1.165, 1.54) is 70.6 Å². The van der Waals surface area contributed by atoms with Gasteiger partial charge >= 0.3 is 17.9 Å². The van der Waals surface area contributed by atoms with E-state index in [0.717, 1.165) is 116 Å². The lowest BCUT2D eigenvalue weighted by atomic mass is 10.1. The van der Waals surface area contributed by atoms with Gasteiger partial charge in [-0.05, 0) is 141 Å². The fourth-order valence-electron chi connectivity index (χ4n) is 7.68. The summed E-state index contributed by atoms with van der Waals surface area (Å²) in [5, 5.41) is 0. The van der Waals surface area contributed by atoms with Crippen LogP contribution < -0.4 is 0 Å². The molecule has 0 N–H and O–H groups in total. The second-order valence-corrected chi connectivity index (χ2v) is 19.5. The third kappa shape index (κ3) is 61.5. The van der Waals surface area contributed by atoms with Crippen molar-refractivity contribution in [2.75, 3.05) is 13.2 Å². The predicted octanol–water partition coefficient (Wildman–Crippen LogP) is 21.1. The second-order valence-electron chi connectivity index (χ2n) is 19.5. The predicted molar refractivity (Wildman–Crippen MR) is 334 cm³/mol. The van der Waals surface area contributed by atoms with Gasteiger partial charge in [-0.3, -0.25) is 14.4 Å². The van der Waals surface area contributed by atoms with E-state index in [9.17, 15) is 14.4 Å². The third-order valence-corrected chi connectivity index (χ3v) is 12.2. The summed E-state index contributed by atoms with van der Waals surface area (Å²) in [6.07, 6.45) is 93.6. The minimum absolute atomic E-state index is 0.133. The summed E-state index contributed by atoms with van der Waals surface area (Å²) in [5.74, 6) is -1.07. The van der Waals surface area contributed by atoms with Gasteiger partial charge in [-0.2, -0.15) is 0 Å². The van der Waals surface area contributed by atoms with Gasteiger partial charge in [0.25, 0.3) is 0 Å². The van der Waals surface area contributed by atoms with E-state index < -0.39 is 12.1 Å². The first kappa shape index (κ1) is 71.8. The third-order valence-electron chi connectivity index (χ3n) is 12.2. The molecule has 0 aliphatic heterocycles. The molecule has 0 saturated carbocycles. The van der Waals surface area contributed by atoms with Gasteiger partial charge in [0, 0.05) is 19.3 Å². The molecule has 0 aromatic carbocycles. The zero-order valence-corrected chi connectivity index (χ0v) is 49.1. The van der Waals surface area contributed by atoms with Crippen molar-refractivity contribution >= 4 is 17.9 Å². The number of unbranched alkanes of at least 4 members (excludes halogenated alkanes) is 14. The molecule has 0 radical (unpaired) electrons. The van der Waals surface area contributed by atoms with Crippen LogP contribution in [0.1, 0.15) is 239 Å². The minimum Gasteiger partial charge on any atom is -0.462 e. The number of rotatable bonds is 53. The highest BCUT2D eigenvalue weighted by molar-refractivity contribution is 5.71. The van der Waals surface area contributed by atoms with Crippen molar-refractivity contribution in [3.63, 3.8) is 0 Å². The molecule has 0 rings (SSSR count). The van der Waals surface area contributed by atoms with E-state index in [4.69, 9.17) is 14.2 Å². The Labute approximate surface area is 472 Å².